The van der Waals surface area contributed by atoms with Gasteiger partial charge in [-0.15, -0.1) is 12.3 Å². The Morgan fingerprint density at radius 3 is 2.95 bits per heavy atom. The number of ether oxygens (including phenoxy) is 1. The molecular formula is C14H22N2O3. The summed E-state index contributed by atoms with van der Waals surface area (Å²) in [5, 5.41) is 3.11. The second kappa shape index (κ2) is 8.54. The van der Waals surface area contributed by atoms with E-state index in [1.807, 2.05) is 0 Å². The van der Waals surface area contributed by atoms with Gasteiger partial charge >= 0.3 is 5.97 Å². The summed E-state index contributed by atoms with van der Waals surface area (Å²) in [5.41, 5.74) is 0. The van der Waals surface area contributed by atoms with Crippen molar-refractivity contribution >= 4 is 11.9 Å². The fourth-order valence-corrected chi connectivity index (χ4v) is 2.10. The number of piperazine rings is 1. The lowest BCUT2D eigenvalue weighted by molar-refractivity contribution is -0.155. The highest BCUT2D eigenvalue weighted by atomic mass is 16.5. The lowest BCUT2D eigenvalue weighted by Gasteiger charge is -2.34. The third kappa shape index (κ3) is 4.92. The van der Waals surface area contributed by atoms with Crippen LogP contribution in [0.15, 0.2) is 0 Å². The Labute approximate surface area is 114 Å². The largest absolute Gasteiger partial charge is 0.464 e. The van der Waals surface area contributed by atoms with Gasteiger partial charge in [-0.1, -0.05) is 0 Å². The minimum absolute atomic E-state index is 0.0107. The standard InChI is InChI=1S/C14H22N2O3/c1-3-5-6-7-8-13(17)16-10-9-15-11-12(16)14(18)19-4-2/h1,12,15H,4-11H2,2H3. The predicted molar refractivity (Wildman–Crippen MR) is 72.3 cm³/mol. The molecule has 1 amide bonds. The van der Waals surface area contributed by atoms with E-state index in [4.69, 9.17) is 11.2 Å². The van der Waals surface area contributed by atoms with E-state index >= 15 is 0 Å². The van der Waals surface area contributed by atoms with E-state index in [1.54, 1.807) is 11.8 Å². The van der Waals surface area contributed by atoms with Crippen molar-refractivity contribution < 1.29 is 14.3 Å². The Bertz CT molecular complexity index is 349. The topological polar surface area (TPSA) is 58.6 Å². The molecule has 5 heteroatoms. The van der Waals surface area contributed by atoms with Gasteiger partial charge in [0.15, 0.2) is 0 Å². The number of terminal acetylenes is 1. The van der Waals surface area contributed by atoms with Gasteiger partial charge < -0.3 is 15.0 Å². The number of rotatable bonds is 6. The van der Waals surface area contributed by atoms with Crippen LogP contribution in [0, 0.1) is 12.3 Å². The van der Waals surface area contributed by atoms with Gasteiger partial charge in [0, 0.05) is 32.5 Å². The molecule has 1 aliphatic heterocycles. The molecule has 106 valence electrons. The molecule has 0 aromatic rings. The van der Waals surface area contributed by atoms with Crippen LogP contribution < -0.4 is 5.32 Å². The van der Waals surface area contributed by atoms with Crippen molar-refractivity contribution in [1.29, 1.82) is 0 Å². The Kier molecular flexibility index (Phi) is 6.98. The lowest BCUT2D eigenvalue weighted by Crippen LogP contribution is -2.57. The molecule has 0 aliphatic carbocycles. The van der Waals surface area contributed by atoms with Crippen molar-refractivity contribution in [3.05, 3.63) is 0 Å². The SMILES string of the molecule is C#CCCCCC(=O)N1CCNCC1C(=O)OCC. The molecule has 1 rings (SSSR count). The maximum atomic E-state index is 12.1. The summed E-state index contributed by atoms with van der Waals surface area (Å²) in [6, 6.07) is -0.492. The lowest BCUT2D eigenvalue weighted by atomic mass is 10.1. The van der Waals surface area contributed by atoms with Crippen LogP contribution in [0.3, 0.4) is 0 Å². The average molecular weight is 266 g/mol. The van der Waals surface area contributed by atoms with Crippen LogP contribution in [0.5, 0.6) is 0 Å². The maximum absolute atomic E-state index is 12.1. The molecule has 0 saturated carbocycles. The molecule has 5 nitrogen and oxygen atoms in total. The monoisotopic (exact) mass is 266 g/mol. The summed E-state index contributed by atoms with van der Waals surface area (Å²) in [4.78, 5) is 25.6. The van der Waals surface area contributed by atoms with Gasteiger partial charge in [-0.3, -0.25) is 4.79 Å². The van der Waals surface area contributed by atoms with Crippen LogP contribution >= 0.6 is 0 Å². The molecule has 0 radical (unpaired) electrons. The molecule has 1 unspecified atom stereocenters. The number of nitrogens with one attached hydrogen (secondary N) is 1. The average Bonchev–Trinajstić information content (AvgIpc) is 2.43. The predicted octanol–water partition coefficient (Wildman–Crippen LogP) is 0.544. The first-order valence-electron chi connectivity index (χ1n) is 6.81. The van der Waals surface area contributed by atoms with Gasteiger partial charge in [0.25, 0.3) is 0 Å². The molecule has 1 heterocycles. The molecule has 1 N–H and O–H groups in total. The third-order valence-corrected chi connectivity index (χ3v) is 3.08. The first kappa shape index (κ1) is 15.5. The highest BCUT2D eigenvalue weighted by molar-refractivity contribution is 5.85. The van der Waals surface area contributed by atoms with Crippen molar-refractivity contribution in [2.24, 2.45) is 0 Å². The van der Waals surface area contributed by atoms with E-state index in [0.717, 1.165) is 12.8 Å². The highest BCUT2D eigenvalue weighted by Crippen LogP contribution is 2.10. The molecule has 1 saturated heterocycles. The van der Waals surface area contributed by atoms with Gasteiger partial charge in [0.05, 0.1) is 6.61 Å². The minimum atomic E-state index is -0.492. The number of nitrogens with zero attached hydrogens (tertiary/aromatic N) is 1. The zero-order valence-corrected chi connectivity index (χ0v) is 11.5. The molecule has 0 bridgehead atoms. The van der Waals surface area contributed by atoms with Crippen LogP contribution in [-0.4, -0.2) is 49.1 Å². The Balaban J connectivity index is 2.49. The highest BCUT2D eigenvalue weighted by Gasteiger charge is 2.32. The number of hydrogen-bond donors (Lipinski definition) is 1. The summed E-state index contributed by atoms with van der Waals surface area (Å²) in [6.45, 7) is 3.83. The summed E-state index contributed by atoms with van der Waals surface area (Å²) < 4.78 is 5.01. The van der Waals surface area contributed by atoms with Crippen LogP contribution in [-0.2, 0) is 14.3 Å². The summed E-state index contributed by atoms with van der Waals surface area (Å²) in [7, 11) is 0. The smallest absolute Gasteiger partial charge is 0.330 e. The van der Waals surface area contributed by atoms with Crippen molar-refractivity contribution in [2.75, 3.05) is 26.2 Å². The second-order valence-corrected chi connectivity index (χ2v) is 4.47. The van der Waals surface area contributed by atoms with E-state index < -0.39 is 6.04 Å². The number of esters is 1. The first-order valence-corrected chi connectivity index (χ1v) is 6.81. The van der Waals surface area contributed by atoms with Gasteiger partial charge in [0.1, 0.15) is 6.04 Å². The number of carbonyl (C=O) groups is 2. The van der Waals surface area contributed by atoms with Gasteiger partial charge in [-0.05, 0) is 19.8 Å². The quantitative estimate of drug-likeness (QED) is 0.433. The second-order valence-electron chi connectivity index (χ2n) is 4.47. The Morgan fingerprint density at radius 2 is 2.26 bits per heavy atom. The third-order valence-electron chi connectivity index (χ3n) is 3.08. The van der Waals surface area contributed by atoms with Crippen LogP contribution in [0.1, 0.15) is 32.6 Å². The van der Waals surface area contributed by atoms with Gasteiger partial charge in [-0.2, -0.15) is 0 Å². The van der Waals surface area contributed by atoms with E-state index in [1.165, 1.54) is 0 Å². The number of amides is 1. The van der Waals surface area contributed by atoms with Crippen LogP contribution in [0.4, 0.5) is 0 Å². The van der Waals surface area contributed by atoms with Crippen LogP contribution in [0.2, 0.25) is 0 Å². The number of carbonyl (C=O) groups excluding carboxylic acids is 2. The molecule has 0 spiro atoms. The van der Waals surface area contributed by atoms with Crippen molar-refractivity contribution in [3.8, 4) is 12.3 Å². The van der Waals surface area contributed by atoms with Crippen molar-refractivity contribution in [3.63, 3.8) is 0 Å². The summed E-state index contributed by atoms with van der Waals surface area (Å²) in [5.74, 6) is 2.24. The fraction of sp³-hybridized carbons (Fsp3) is 0.714. The summed E-state index contributed by atoms with van der Waals surface area (Å²) >= 11 is 0. The molecule has 19 heavy (non-hydrogen) atoms. The van der Waals surface area contributed by atoms with Gasteiger partial charge in [0.2, 0.25) is 5.91 Å². The van der Waals surface area contributed by atoms with Crippen LogP contribution in [0.25, 0.3) is 0 Å². The number of unbranched alkanes of at least 4 members (excludes halogenated alkanes) is 2. The first-order chi connectivity index (χ1) is 9.20. The van der Waals surface area contributed by atoms with Crippen molar-refractivity contribution in [1.82, 2.24) is 10.2 Å². The molecule has 1 fully saturated rings. The Morgan fingerprint density at radius 1 is 1.47 bits per heavy atom. The van der Waals surface area contributed by atoms with E-state index in [9.17, 15) is 9.59 Å². The molecule has 0 aromatic carbocycles. The maximum Gasteiger partial charge on any atom is 0.330 e. The minimum Gasteiger partial charge on any atom is -0.464 e. The zero-order valence-electron chi connectivity index (χ0n) is 11.5. The number of hydrogen-bond acceptors (Lipinski definition) is 4. The van der Waals surface area contributed by atoms with E-state index in [-0.39, 0.29) is 11.9 Å². The fourth-order valence-electron chi connectivity index (χ4n) is 2.10. The van der Waals surface area contributed by atoms with E-state index in [0.29, 0.717) is 39.1 Å². The van der Waals surface area contributed by atoms with Gasteiger partial charge in [-0.25, -0.2) is 4.79 Å². The zero-order chi connectivity index (χ0) is 14.1. The van der Waals surface area contributed by atoms with Crippen molar-refractivity contribution in [2.45, 2.75) is 38.6 Å². The molecule has 1 atom stereocenters. The Hall–Kier alpha value is -1.54. The summed E-state index contributed by atoms with van der Waals surface area (Å²) in [6.07, 6.45) is 7.91. The van der Waals surface area contributed by atoms with E-state index in [2.05, 4.69) is 11.2 Å². The molecule has 1 aliphatic rings. The molecule has 0 aromatic heterocycles. The normalized spacial score (nSPS) is 18.7. The molecular weight excluding hydrogens is 244 g/mol.